The number of aryl methyl sites for hydroxylation is 4. The van der Waals surface area contributed by atoms with Gasteiger partial charge in [-0.15, -0.1) is 0 Å². The van der Waals surface area contributed by atoms with E-state index in [1.165, 1.54) is 0 Å². The summed E-state index contributed by atoms with van der Waals surface area (Å²) in [6.45, 7) is 5.73. The summed E-state index contributed by atoms with van der Waals surface area (Å²) in [6.07, 6.45) is 2.03. The fourth-order valence-corrected chi connectivity index (χ4v) is 3.34. The first-order chi connectivity index (χ1) is 13.4. The number of hydrogen-bond acceptors (Lipinski definition) is 0. The number of hydrogen-bond donors (Lipinski definition) is 0. The second kappa shape index (κ2) is 6.84. The molecule has 0 N–H and O–H groups in total. The van der Waals surface area contributed by atoms with Crippen LogP contribution in [-0.2, 0) is 7.05 Å². The summed E-state index contributed by atoms with van der Waals surface area (Å²) in [5.41, 5.74) is 7.27. The molecule has 0 spiro atoms. The van der Waals surface area contributed by atoms with Crippen molar-refractivity contribution >= 4 is 0 Å². The molecular weight excluding hydrogens is 302 g/mol. The topological polar surface area (TPSA) is 3.88 Å². The lowest BCUT2D eigenvalue weighted by atomic mass is 9.93. The standard InChI is InChI=1S/C24H28N/c1-16(2)23-15-25(6)24(13-19(23)5)22-14-20(12-11-18(22)4)21-10-8-7-9-17(21)3/h7-16H,1-6H3/q+1/i3D3,16D. The molecule has 0 aliphatic rings. The molecule has 0 bridgehead atoms. The number of benzene rings is 2. The van der Waals surface area contributed by atoms with E-state index in [4.69, 9.17) is 5.48 Å². The van der Waals surface area contributed by atoms with Crippen molar-refractivity contribution in [2.75, 3.05) is 0 Å². The molecule has 0 saturated heterocycles. The summed E-state index contributed by atoms with van der Waals surface area (Å²) in [5.74, 6) is -0.671. The molecule has 0 aliphatic heterocycles. The molecule has 0 aliphatic carbocycles. The summed E-state index contributed by atoms with van der Waals surface area (Å²) in [4.78, 5) is 0. The van der Waals surface area contributed by atoms with Crippen molar-refractivity contribution in [2.45, 2.75) is 40.4 Å². The van der Waals surface area contributed by atoms with Crippen LogP contribution in [0, 0.1) is 20.7 Å². The number of pyridine rings is 1. The van der Waals surface area contributed by atoms with Gasteiger partial charge in [0.05, 0.1) is 0 Å². The van der Waals surface area contributed by atoms with Crippen molar-refractivity contribution in [3.8, 4) is 22.4 Å². The second-order valence-electron chi connectivity index (χ2n) is 6.94. The van der Waals surface area contributed by atoms with E-state index in [-0.39, 0.29) is 0 Å². The van der Waals surface area contributed by atoms with Crippen LogP contribution < -0.4 is 4.57 Å². The third-order valence-electron chi connectivity index (χ3n) is 4.77. The zero-order valence-electron chi connectivity index (χ0n) is 19.6. The Hall–Kier alpha value is -2.41. The predicted octanol–water partition coefficient (Wildman–Crippen LogP) is 5.89. The van der Waals surface area contributed by atoms with Crippen molar-refractivity contribution in [1.82, 2.24) is 0 Å². The summed E-state index contributed by atoms with van der Waals surface area (Å²) in [6, 6.07) is 15.4. The first-order valence-electron chi connectivity index (χ1n) is 10.6. The molecule has 128 valence electrons. The van der Waals surface area contributed by atoms with Crippen LogP contribution in [0.2, 0.25) is 0 Å². The van der Waals surface area contributed by atoms with E-state index in [9.17, 15) is 0 Å². The van der Waals surface area contributed by atoms with Crippen LogP contribution in [0.15, 0.2) is 54.7 Å². The normalized spacial score (nSPS) is 14.4. The Labute approximate surface area is 157 Å². The van der Waals surface area contributed by atoms with Crippen LogP contribution in [0.5, 0.6) is 0 Å². The quantitative estimate of drug-likeness (QED) is 0.525. The largest absolute Gasteiger partial charge is 0.212 e. The maximum Gasteiger partial charge on any atom is 0.212 e. The molecule has 3 rings (SSSR count). The molecule has 25 heavy (non-hydrogen) atoms. The average Bonchev–Trinajstić information content (AvgIpc) is 2.62. The van der Waals surface area contributed by atoms with E-state index in [1.54, 1.807) is 12.1 Å². The van der Waals surface area contributed by atoms with Gasteiger partial charge in [0.15, 0.2) is 6.20 Å². The molecule has 1 nitrogen and oxygen atoms in total. The van der Waals surface area contributed by atoms with E-state index >= 15 is 0 Å². The molecule has 1 aromatic heterocycles. The molecule has 0 radical (unpaired) electrons. The fraction of sp³-hybridized carbons (Fsp3) is 0.292. The lowest BCUT2D eigenvalue weighted by molar-refractivity contribution is -0.660. The van der Waals surface area contributed by atoms with Crippen molar-refractivity contribution in [2.24, 2.45) is 7.05 Å². The van der Waals surface area contributed by atoms with Gasteiger partial charge in [0.1, 0.15) is 7.05 Å². The first kappa shape index (κ1) is 12.9. The highest BCUT2D eigenvalue weighted by Gasteiger charge is 2.18. The van der Waals surface area contributed by atoms with Gasteiger partial charge in [-0.1, -0.05) is 50.2 Å². The molecule has 0 saturated carbocycles. The van der Waals surface area contributed by atoms with E-state index in [2.05, 4.69) is 23.6 Å². The van der Waals surface area contributed by atoms with E-state index in [0.29, 0.717) is 5.56 Å². The molecule has 3 aromatic rings. The average molecular weight is 335 g/mol. The monoisotopic (exact) mass is 334 g/mol. The number of rotatable bonds is 3. The molecule has 1 heteroatoms. The lowest BCUT2D eigenvalue weighted by Gasteiger charge is -2.13. The highest BCUT2D eigenvalue weighted by atomic mass is 14.9. The third kappa shape index (κ3) is 3.37. The summed E-state index contributed by atoms with van der Waals surface area (Å²) < 4.78 is 34.1. The van der Waals surface area contributed by atoms with Gasteiger partial charge < -0.3 is 0 Å². The summed E-state index contributed by atoms with van der Waals surface area (Å²) in [7, 11) is 1.99. The van der Waals surface area contributed by atoms with E-state index in [0.717, 1.165) is 39.1 Å². The Bertz CT molecular complexity index is 1060. The maximum absolute atomic E-state index is 8.39. The minimum atomic E-state index is -2.16. The SMILES string of the molecule is [2H]C([2H])([2H])c1ccccc1-c1ccc(C)c(-c2cc(C)c(C([2H])(C)C)c[n+]2C)c1. The minimum Gasteiger partial charge on any atom is -0.201 e. The molecular formula is C24H28N+. The van der Waals surface area contributed by atoms with Gasteiger partial charge in [0.2, 0.25) is 5.69 Å². The molecule has 0 unspecified atom stereocenters. The fourth-order valence-electron chi connectivity index (χ4n) is 3.34. The van der Waals surface area contributed by atoms with Crippen LogP contribution in [-0.4, -0.2) is 0 Å². The van der Waals surface area contributed by atoms with Crippen molar-refractivity contribution in [1.29, 1.82) is 0 Å². The summed E-state index contributed by atoms with van der Waals surface area (Å²) >= 11 is 0. The lowest BCUT2D eigenvalue weighted by Crippen LogP contribution is -2.32. The third-order valence-corrected chi connectivity index (χ3v) is 4.77. The van der Waals surface area contributed by atoms with Gasteiger partial charge in [-0.2, -0.15) is 0 Å². The molecule has 0 atom stereocenters. The zero-order valence-corrected chi connectivity index (χ0v) is 15.6. The highest BCUT2D eigenvalue weighted by Crippen LogP contribution is 2.30. The van der Waals surface area contributed by atoms with Gasteiger partial charge in [0, 0.05) is 22.7 Å². The van der Waals surface area contributed by atoms with E-state index in [1.807, 2.05) is 58.3 Å². The number of aromatic nitrogens is 1. The summed E-state index contributed by atoms with van der Waals surface area (Å²) in [5, 5.41) is 0. The molecule has 0 amide bonds. The Morgan fingerprint density at radius 2 is 1.68 bits per heavy atom. The van der Waals surface area contributed by atoms with Gasteiger partial charge in [-0.05, 0) is 60.5 Å². The first-order valence-corrected chi connectivity index (χ1v) is 8.61. The van der Waals surface area contributed by atoms with Crippen molar-refractivity contribution < 1.29 is 10.1 Å². The van der Waals surface area contributed by atoms with Gasteiger partial charge in [0.25, 0.3) is 0 Å². The minimum absolute atomic E-state index is 0.363. The Balaban J connectivity index is 2.20. The van der Waals surface area contributed by atoms with Crippen LogP contribution in [0.25, 0.3) is 22.4 Å². The van der Waals surface area contributed by atoms with Crippen LogP contribution >= 0.6 is 0 Å². The van der Waals surface area contributed by atoms with Crippen molar-refractivity contribution in [3.63, 3.8) is 0 Å². The Morgan fingerprint density at radius 1 is 0.920 bits per heavy atom. The van der Waals surface area contributed by atoms with Crippen molar-refractivity contribution in [3.05, 3.63) is 77.0 Å². The smallest absolute Gasteiger partial charge is 0.201 e. The molecule has 1 heterocycles. The zero-order chi connectivity index (χ0) is 21.6. The second-order valence-corrected chi connectivity index (χ2v) is 6.94. The maximum atomic E-state index is 8.39. The van der Waals surface area contributed by atoms with Gasteiger partial charge >= 0.3 is 0 Å². The van der Waals surface area contributed by atoms with Gasteiger partial charge in [-0.25, -0.2) is 4.57 Å². The van der Waals surface area contributed by atoms with E-state index < -0.39 is 12.7 Å². The van der Waals surface area contributed by atoms with Crippen LogP contribution in [0.3, 0.4) is 0 Å². The number of nitrogens with zero attached hydrogens (tertiary/aromatic N) is 1. The van der Waals surface area contributed by atoms with Gasteiger partial charge in [-0.3, -0.25) is 0 Å². The van der Waals surface area contributed by atoms with Crippen LogP contribution in [0.1, 0.15) is 47.5 Å². The Kier molecular flexibility index (Phi) is 3.52. The predicted molar refractivity (Wildman–Crippen MR) is 107 cm³/mol. The molecule has 0 fully saturated rings. The highest BCUT2D eigenvalue weighted by molar-refractivity contribution is 5.74. The Morgan fingerprint density at radius 3 is 2.40 bits per heavy atom. The van der Waals surface area contributed by atoms with Crippen LogP contribution in [0.4, 0.5) is 0 Å². The molecule has 2 aromatic carbocycles.